The largest absolute Gasteiger partial charge is 0.425 e. The van der Waals surface area contributed by atoms with Gasteiger partial charge in [-0.1, -0.05) is 34.6 Å². The van der Waals surface area contributed by atoms with Crippen molar-refractivity contribution in [1.82, 2.24) is 5.32 Å². The molecule has 11 heteroatoms. The molecule has 0 rings (SSSR count). The number of aliphatic hydroxyl groups is 1. The summed E-state index contributed by atoms with van der Waals surface area (Å²) in [5.41, 5.74) is -3.48. The van der Waals surface area contributed by atoms with Crippen LogP contribution in [0.2, 0.25) is 0 Å². The fraction of sp³-hybridized carbons (Fsp3) is 0.842. The lowest BCUT2D eigenvalue weighted by atomic mass is 9.76. The SMILES string of the molecule is CCC(OC(=O)C(C)C)OC(=O)[C@](C)(O)C(C)(C)COS(=O)(=O)CCCNC(C)=O. The highest BCUT2D eigenvalue weighted by Gasteiger charge is 2.49. The van der Waals surface area contributed by atoms with Gasteiger partial charge in [0.1, 0.15) is 0 Å². The Labute approximate surface area is 178 Å². The van der Waals surface area contributed by atoms with Crippen molar-refractivity contribution in [3.63, 3.8) is 0 Å². The van der Waals surface area contributed by atoms with Crippen molar-refractivity contribution in [2.24, 2.45) is 11.3 Å². The molecule has 2 atom stereocenters. The average Bonchev–Trinajstić information content (AvgIpc) is 2.62. The highest BCUT2D eigenvalue weighted by atomic mass is 32.2. The van der Waals surface area contributed by atoms with E-state index in [0.29, 0.717) is 0 Å². The molecular weight excluding hydrogens is 418 g/mol. The summed E-state index contributed by atoms with van der Waals surface area (Å²) in [4.78, 5) is 35.0. The molecule has 10 nitrogen and oxygen atoms in total. The van der Waals surface area contributed by atoms with Crippen molar-refractivity contribution in [3.8, 4) is 0 Å². The van der Waals surface area contributed by atoms with Crippen LogP contribution < -0.4 is 5.32 Å². The highest BCUT2D eigenvalue weighted by molar-refractivity contribution is 7.86. The minimum atomic E-state index is -3.94. The standard InChI is InChI=1S/C19H35NO9S/c1-8-15(28-16(22)13(2)3)29-17(23)19(7,24)18(5,6)12-27-30(25,26)11-9-10-20-14(4)21/h13,15,24H,8-12H2,1-7H3,(H,20,21)/t15?,19-/m0/s1. The summed E-state index contributed by atoms with van der Waals surface area (Å²) >= 11 is 0. The molecule has 2 N–H and O–H groups in total. The van der Waals surface area contributed by atoms with Gasteiger partial charge in [-0.3, -0.25) is 13.8 Å². The second kappa shape index (κ2) is 11.6. The van der Waals surface area contributed by atoms with Gasteiger partial charge in [0.2, 0.25) is 12.2 Å². The predicted octanol–water partition coefficient (Wildman–Crippen LogP) is 1.11. The van der Waals surface area contributed by atoms with Crippen LogP contribution in [0.5, 0.6) is 0 Å². The molecule has 0 heterocycles. The van der Waals surface area contributed by atoms with Crippen molar-refractivity contribution in [1.29, 1.82) is 0 Å². The number of rotatable bonds is 13. The Kier molecular flexibility index (Phi) is 10.9. The van der Waals surface area contributed by atoms with Gasteiger partial charge >= 0.3 is 11.9 Å². The Morgan fingerprint density at radius 1 is 1.10 bits per heavy atom. The van der Waals surface area contributed by atoms with Crippen molar-refractivity contribution < 1.29 is 41.6 Å². The topological polar surface area (TPSA) is 145 Å². The summed E-state index contributed by atoms with van der Waals surface area (Å²) in [7, 11) is -3.94. The second-order valence-corrected chi connectivity index (χ2v) is 9.91. The molecule has 0 aliphatic rings. The zero-order valence-electron chi connectivity index (χ0n) is 18.8. The first-order chi connectivity index (χ1) is 13.6. The number of ether oxygens (including phenoxy) is 2. The Bertz CT molecular complexity index is 699. The van der Waals surface area contributed by atoms with Crippen LogP contribution in [0.15, 0.2) is 0 Å². The van der Waals surface area contributed by atoms with Gasteiger partial charge in [0.05, 0.1) is 18.3 Å². The lowest BCUT2D eigenvalue weighted by Crippen LogP contribution is -2.53. The van der Waals surface area contributed by atoms with Gasteiger partial charge < -0.3 is 19.9 Å². The maximum Gasteiger partial charge on any atom is 0.341 e. The van der Waals surface area contributed by atoms with E-state index in [-0.39, 0.29) is 31.0 Å². The van der Waals surface area contributed by atoms with E-state index in [1.54, 1.807) is 20.8 Å². The third-order valence-electron chi connectivity index (χ3n) is 4.55. The Hall–Kier alpha value is -1.72. The molecule has 1 unspecified atom stereocenters. The van der Waals surface area contributed by atoms with Crippen molar-refractivity contribution >= 4 is 28.0 Å². The normalized spacial score (nSPS) is 15.2. The molecule has 30 heavy (non-hydrogen) atoms. The molecule has 0 spiro atoms. The van der Waals surface area contributed by atoms with E-state index in [4.69, 9.17) is 13.7 Å². The number of hydrogen-bond acceptors (Lipinski definition) is 9. The molecular formula is C19H35NO9S. The predicted molar refractivity (Wildman–Crippen MR) is 109 cm³/mol. The smallest absolute Gasteiger partial charge is 0.341 e. The molecule has 0 aliphatic carbocycles. The van der Waals surface area contributed by atoms with E-state index in [1.807, 2.05) is 0 Å². The zero-order valence-corrected chi connectivity index (χ0v) is 19.6. The molecule has 0 bridgehead atoms. The molecule has 0 aromatic rings. The monoisotopic (exact) mass is 453 g/mol. The molecule has 0 aliphatic heterocycles. The lowest BCUT2D eigenvalue weighted by molar-refractivity contribution is -0.211. The molecule has 0 saturated carbocycles. The van der Waals surface area contributed by atoms with Gasteiger partial charge in [0, 0.05) is 25.3 Å². The molecule has 176 valence electrons. The lowest BCUT2D eigenvalue weighted by Gasteiger charge is -2.37. The fourth-order valence-corrected chi connectivity index (χ4v) is 3.01. The maximum atomic E-state index is 12.5. The van der Waals surface area contributed by atoms with Crippen LogP contribution in [0.25, 0.3) is 0 Å². The van der Waals surface area contributed by atoms with E-state index in [2.05, 4.69) is 5.32 Å². The van der Waals surface area contributed by atoms with Gasteiger partial charge in [0.15, 0.2) is 5.60 Å². The molecule has 0 fully saturated rings. The average molecular weight is 454 g/mol. The molecule has 0 aromatic carbocycles. The quantitative estimate of drug-likeness (QED) is 0.181. The summed E-state index contributed by atoms with van der Waals surface area (Å²) in [5, 5.41) is 13.2. The van der Waals surface area contributed by atoms with Crippen LogP contribution in [0.3, 0.4) is 0 Å². The van der Waals surface area contributed by atoms with Gasteiger partial charge in [-0.15, -0.1) is 0 Å². The summed E-state index contributed by atoms with van der Waals surface area (Å²) in [6, 6.07) is 0. The second-order valence-electron chi connectivity index (χ2n) is 8.15. The number of carbonyl (C=O) groups excluding carboxylic acids is 3. The minimum Gasteiger partial charge on any atom is -0.425 e. The molecule has 0 saturated heterocycles. The molecule has 0 radical (unpaired) electrons. The molecule has 0 aromatic heterocycles. The number of esters is 2. The summed E-state index contributed by atoms with van der Waals surface area (Å²) < 4.78 is 39.3. The fourth-order valence-electron chi connectivity index (χ4n) is 1.92. The third kappa shape index (κ3) is 9.40. The molecule has 1 amide bonds. The maximum absolute atomic E-state index is 12.5. The van der Waals surface area contributed by atoms with Gasteiger partial charge in [0.25, 0.3) is 10.1 Å². The van der Waals surface area contributed by atoms with Crippen LogP contribution >= 0.6 is 0 Å². The Balaban J connectivity index is 4.95. The van der Waals surface area contributed by atoms with E-state index in [1.165, 1.54) is 27.7 Å². The summed E-state index contributed by atoms with van der Waals surface area (Å²) in [6.45, 7) is 9.99. The number of amides is 1. The van der Waals surface area contributed by atoms with Crippen LogP contribution in [0.4, 0.5) is 0 Å². The number of carbonyl (C=O) groups is 3. The number of hydrogen-bond donors (Lipinski definition) is 2. The first-order valence-electron chi connectivity index (χ1n) is 9.81. The van der Waals surface area contributed by atoms with Crippen LogP contribution in [-0.4, -0.2) is 62.2 Å². The van der Waals surface area contributed by atoms with E-state index in [9.17, 15) is 27.9 Å². The van der Waals surface area contributed by atoms with Crippen LogP contribution in [0.1, 0.15) is 61.3 Å². The van der Waals surface area contributed by atoms with E-state index >= 15 is 0 Å². The van der Waals surface area contributed by atoms with E-state index < -0.39 is 51.9 Å². The first kappa shape index (κ1) is 28.3. The van der Waals surface area contributed by atoms with Crippen molar-refractivity contribution in [3.05, 3.63) is 0 Å². The minimum absolute atomic E-state index is 0.153. The Morgan fingerprint density at radius 3 is 2.13 bits per heavy atom. The third-order valence-corrected chi connectivity index (χ3v) is 5.82. The summed E-state index contributed by atoms with van der Waals surface area (Å²) in [5.74, 6) is -2.64. The first-order valence-corrected chi connectivity index (χ1v) is 11.4. The highest BCUT2D eigenvalue weighted by Crippen LogP contribution is 2.33. The zero-order chi connectivity index (χ0) is 23.8. The van der Waals surface area contributed by atoms with Gasteiger partial charge in [-0.25, -0.2) is 4.79 Å². The van der Waals surface area contributed by atoms with Crippen molar-refractivity contribution in [2.75, 3.05) is 18.9 Å². The Morgan fingerprint density at radius 2 is 1.67 bits per heavy atom. The van der Waals surface area contributed by atoms with Crippen molar-refractivity contribution in [2.45, 2.75) is 73.2 Å². The number of nitrogens with one attached hydrogen (secondary N) is 1. The van der Waals surface area contributed by atoms with Gasteiger partial charge in [-0.2, -0.15) is 8.42 Å². The van der Waals surface area contributed by atoms with Gasteiger partial charge in [-0.05, 0) is 13.3 Å². The summed E-state index contributed by atoms with van der Waals surface area (Å²) in [6.07, 6.45) is -0.840. The van der Waals surface area contributed by atoms with Crippen LogP contribution in [-0.2, 0) is 38.2 Å². The van der Waals surface area contributed by atoms with Crippen LogP contribution in [0, 0.1) is 11.3 Å². The van der Waals surface area contributed by atoms with E-state index in [0.717, 1.165) is 0 Å².